The summed E-state index contributed by atoms with van der Waals surface area (Å²) in [6.45, 7) is 7.42. The van der Waals surface area contributed by atoms with Gasteiger partial charge in [-0.3, -0.25) is 4.79 Å². The van der Waals surface area contributed by atoms with Crippen molar-refractivity contribution in [2.24, 2.45) is 0 Å². The lowest BCUT2D eigenvalue weighted by atomic mass is 9.96. The molecule has 0 aliphatic carbocycles. The molecule has 0 aromatic heterocycles. The van der Waals surface area contributed by atoms with Gasteiger partial charge in [0.15, 0.2) is 0 Å². The quantitative estimate of drug-likeness (QED) is 0.763. The molecule has 2 aromatic carbocycles. The van der Waals surface area contributed by atoms with Crippen molar-refractivity contribution < 1.29 is 14.7 Å². The Bertz CT molecular complexity index is 784. The predicted octanol–water partition coefficient (Wildman–Crippen LogP) is 2.89. The van der Waals surface area contributed by atoms with Crippen LogP contribution in [-0.2, 0) is 0 Å². The van der Waals surface area contributed by atoms with Crippen molar-refractivity contribution in [3.63, 3.8) is 0 Å². The van der Waals surface area contributed by atoms with Crippen LogP contribution < -0.4 is 5.73 Å². The van der Waals surface area contributed by atoms with E-state index in [2.05, 4.69) is 18.7 Å². The molecule has 1 heterocycles. The first-order valence-corrected chi connectivity index (χ1v) is 8.74. The van der Waals surface area contributed by atoms with Gasteiger partial charge in [0, 0.05) is 29.9 Å². The molecule has 2 aromatic rings. The SMILES string of the molecule is CCN(CC)CCN1C(=O)c2ccccc2C1c1cc(F)ccc1N.Cl.O. The third-order valence-electron chi connectivity index (χ3n) is 4.95. The van der Waals surface area contributed by atoms with E-state index >= 15 is 0 Å². The van der Waals surface area contributed by atoms with Crippen LogP contribution in [0, 0.1) is 5.82 Å². The van der Waals surface area contributed by atoms with E-state index in [9.17, 15) is 9.18 Å². The fraction of sp³-hybridized carbons (Fsp3) is 0.350. The molecule has 5 nitrogen and oxygen atoms in total. The standard InChI is InChI=1S/C20H24FN3O.ClH.H2O/c1-3-23(4-2)11-12-24-19(17-13-14(21)9-10-18(17)22)15-7-5-6-8-16(15)20(24)25;;/h5-10,13,19H,3-4,11-12,22H2,1-2H3;1H;1H2. The van der Waals surface area contributed by atoms with E-state index in [-0.39, 0.29) is 35.6 Å². The summed E-state index contributed by atoms with van der Waals surface area (Å²) in [7, 11) is 0. The minimum Gasteiger partial charge on any atom is -0.412 e. The summed E-state index contributed by atoms with van der Waals surface area (Å²) in [5, 5.41) is 0. The van der Waals surface area contributed by atoms with Gasteiger partial charge in [-0.05, 0) is 42.9 Å². The molecule has 0 radical (unpaired) electrons. The van der Waals surface area contributed by atoms with E-state index in [4.69, 9.17) is 5.73 Å². The summed E-state index contributed by atoms with van der Waals surface area (Å²) in [6.07, 6.45) is 0. The molecule has 3 rings (SSSR count). The third-order valence-corrected chi connectivity index (χ3v) is 4.95. The molecule has 0 saturated heterocycles. The first kappa shape index (κ1) is 22.9. The van der Waals surface area contributed by atoms with Gasteiger partial charge in [-0.25, -0.2) is 4.39 Å². The van der Waals surface area contributed by atoms with E-state index < -0.39 is 0 Å². The van der Waals surface area contributed by atoms with Gasteiger partial charge in [0.2, 0.25) is 0 Å². The van der Waals surface area contributed by atoms with Crippen molar-refractivity contribution in [3.05, 3.63) is 65.0 Å². The number of fused-ring (bicyclic) bond motifs is 1. The van der Waals surface area contributed by atoms with Crippen LogP contribution >= 0.6 is 12.4 Å². The highest BCUT2D eigenvalue weighted by atomic mass is 35.5. The minimum absolute atomic E-state index is 0. The molecular formula is C20H27ClFN3O2. The minimum atomic E-state index is -0.343. The molecule has 1 atom stereocenters. The van der Waals surface area contributed by atoms with Crippen molar-refractivity contribution >= 4 is 24.0 Å². The lowest BCUT2D eigenvalue weighted by Crippen LogP contribution is -2.37. The third kappa shape index (κ3) is 4.40. The van der Waals surface area contributed by atoms with Crippen LogP contribution in [-0.4, -0.2) is 47.4 Å². The maximum atomic E-state index is 13.9. The molecule has 0 saturated carbocycles. The Kier molecular flexibility index (Phi) is 8.21. The molecule has 1 aliphatic heterocycles. The molecule has 1 amide bonds. The van der Waals surface area contributed by atoms with Crippen molar-refractivity contribution in [2.45, 2.75) is 19.9 Å². The molecule has 1 aliphatic rings. The topological polar surface area (TPSA) is 81.1 Å². The molecular weight excluding hydrogens is 369 g/mol. The first-order valence-electron chi connectivity index (χ1n) is 8.74. The zero-order chi connectivity index (χ0) is 18.0. The van der Waals surface area contributed by atoms with Crippen molar-refractivity contribution in [3.8, 4) is 0 Å². The molecule has 7 heteroatoms. The van der Waals surface area contributed by atoms with E-state index in [1.165, 1.54) is 12.1 Å². The zero-order valence-corrected chi connectivity index (χ0v) is 16.4. The van der Waals surface area contributed by atoms with Gasteiger partial charge in [-0.2, -0.15) is 0 Å². The number of hydrogen-bond donors (Lipinski definition) is 1. The fourth-order valence-corrected chi connectivity index (χ4v) is 3.51. The monoisotopic (exact) mass is 395 g/mol. The number of benzene rings is 2. The normalized spacial score (nSPS) is 15.3. The maximum Gasteiger partial charge on any atom is 0.255 e. The Morgan fingerprint density at radius 3 is 2.44 bits per heavy atom. The van der Waals surface area contributed by atoms with Crippen LogP contribution in [0.4, 0.5) is 10.1 Å². The van der Waals surface area contributed by atoms with Crippen LogP contribution in [0.3, 0.4) is 0 Å². The van der Waals surface area contributed by atoms with Gasteiger partial charge in [0.1, 0.15) is 5.82 Å². The lowest BCUT2D eigenvalue weighted by molar-refractivity contribution is 0.0729. The average molecular weight is 396 g/mol. The Morgan fingerprint density at radius 2 is 1.78 bits per heavy atom. The lowest BCUT2D eigenvalue weighted by Gasteiger charge is -2.29. The molecule has 4 N–H and O–H groups in total. The maximum absolute atomic E-state index is 13.9. The average Bonchev–Trinajstić information content (AvgIpc) is 2.90. The second kappa shape index (κ2) is 9.69. The summed E-state index contributed by atoms with van der Waals surface area (Å²) < 4.78 is 13.9. The van der Waals surface area contributed by atoms with Crippen LogP contribution in [0.5, 0.6) is 0 Å². The van der Waals surface area contributed by atoms with E-state index in [1.807, 2.05) is 29.2 Å². The van der Waals surface area contributed by atoms with Crippen molar-refractivity contribution in [1.29, 1.82) is 0 Å². The number of nitrogen functional groups attached to an aromatic ring is 1. The second-order valence-electron chi connectivity index (χ2n) is 6.29. The van der Waals surface area contributed by atoms with Gasteiger partial charge in [0.05, 0.1) is 6.04 Å². The summed E-state index contributed by atoms with van der Waals surface area (Å²) in [5.41, 5.74) is 8.85. The number of carbonyl (C=O) groups excluding carboxylic acids is 1. The molecule has 148 valence electrons. The van der Waals surface area contributed by atoms with Gasteiger partial charge >= 0.3 is 0 Å². The fourth-order valence-electron chi connectivity index (χ4n) is 3.51. The van der Waals surface area contributed by atoms with Crippen molar-refractivity contribution in [2.75, 3.05) is 31.9 Å². The number of nitrogens with zero attached hydrogens (tertiary/aromatic N) is 2. The van der Waals surface area contributed by atoms with Crippen LogP contribution in [0.2, 0.25) is 0 Å². The van der Waals surface area contributed by atoms with Crippen LogP contribution in [0.15, 0.2) is 42.5 Å². The number of halogens is 2. The number of likely N-dealkylation sites (N-methyl/N-ethyl adjacent to an activating group) is 1. The molecule has 0 fully saturated rings. The Balaban J connectivity index is 0.00000182. The van der Waals surface area contributed by atoms with E-state index in [1.54, 1.807) is 6.07 Å². The van der Waals surface area contributed by atoms with Gasteiger partial charge in [-0.1, -0.05) is 32.0 Å². The summed E-state index contributed by atoms with van der Waals surface area (Å²) >= 11 is 0. The first-order chi connectivity index (χ1) is 12.1. The highest BCUT2D eigenvalue weighted by Gasteiger charge is 2.38. The van der Waals surface area contributed by atoms with Crippen LogP contribution in [0.25, 0.3) is 0 Å². The smallest absolute Gasteiger partial charge is 0.255 e. The van der Waals surface area contributed by atoms with Gasteiger partial charge in [-0.15, -0.1) is 12.4 Å². The molecule has 1 unspecified atom stereocenters. The van der Waals surface area contributed by atoms with Gasteiger partial charge in [0.25, 0.3) is 5.91 Å². The number of amides is 1. The second-order valence-corrected chi connectivity index (χ2v) is 6.29. The highest BCUT2D eigenvalue weighted by molar-refractivity contribution is 6.00. The highest BCUT2D eigenvalue weighted by Crippen LogP contribution is 2.40. The van der Waals surface area contributed by atoms with E-state index in [0.29, 0.717) is 23.4 Å². The largest absolute Gasteiger partial charge is 0.412 e. The molecule has 0 bridgehead atoms. The summed E-state index contributed by atoms with van der Waals surface area (Å²) in [6, 6.07) is 11.5. The molecule has 27 heavy (non-hydrogen) atoms. The zero-order valence-electron chi connectivity index (χ0n) is 15.6. The number of nitrogens with two attached hydrogens (primary N) is 1. The number of hydrogen-bond acceptors (Lipinski definition) is 3. The number of anilines is 1. The summed E-state index contributed by atoms with van der Waals surface area (Å²) in [4.78, 5) is 17.0. The Morgan fingerprint density at radius 1 is 1.11 bits per heavy atom. The Hall–Kier alpha value is -2.15. The van der Waals surface area contributed by atoms with Gasteiger partial charge < -0.3 is 21.0 Å². The Labute approximate surface area is 165 Å². The number of carbonyl (C=O) groups is 1. The molecule has 0 spiro atoms. The van der Waals surface area contributed by atoms with Crippen LogP contribution in [0.1, 0.15) is 41.4 Å². The number of rotatable bonds is 6. The van der Waals surface area contributed by atoms with E-state index in [0.717, 1.165) is 25.2 Å². The van der Waals surface area contributed by atoms with Crippen molar-refractivity contribution in [1.82, 2.24) is 9.80 Å². The predicted molar refractivity (Wildman–Crippen MR) is 109 cm³/mol. The summed E-state index contributed by atoms with van der Waals surface area (Å²) in [5.74, 6) is -0.360.